The van der Waals surface area contributed by atoms with Crippen LogP contribution in [-0.2, 0) is 11.8 Å². The van der Waals surface area contributed by atoms with E-state index in [1.165, 1.54) is 11.1 Å². The van der Waals surface area contributed by atoms with E-state index in [9.17, 15) is 0 Å². The fraction of sp³-hybridized carbons (Fsp3) is 0.214. The number of allylic oxidation sites excluding steroid dienone is 4. The normalized spacial score (nSPS) is 15.4. The van der Waals surface area contributed by atoms with Crippen LogP contribution in [0.15, 0.2) is 60.7 Å². The summed E-state index contributed by atoms with van der Waals surface area (Å²) in [5.41, 5.74) is 2.53. The zero-order chi connectivity index (χ0) is 12.6. The molecule has 1 atom stereocenters. The molecule has 1 aliphatic heterocycles. The first-order valence-corrected chi connectivity index (χ1v) is 7.91. The zero-order valence-corrected chi connectivity index (χ0v) is 11.6. The highest BCUT2D eigenvalue weighted by Crippen LogP contribution is 2.25. The van der Waals surface area contributed by atoms with Crippen molar-refractivity contribution in [1.82, 2.24) is 4.98 Å². The van der Waals surface area contributed by atoms with Crippen LogP contribution < -0.4 is 0 Å². The monoisotopic (exact) mass is 273 g/mol. The summed E-state index contributed by atoms with van der Waals surface area (Å²) in [6, 6.07) is 4.15. The standard InChI is InChI=1S/C14H14N2PS/c18-17-11-14(13-5-9-16-10-6-13)2-1-12-3-7-15-8-4-12/h1,3-10,14H,2,11H2/q-1. The van der Waals surface area contributed by atoms with Crippen LogP contribution >= 0.6 is 7.36 Å². The molecule has 18 heavy (non-hydrogen) atoms. The molecule has 0 N–H and O–H groups in total. The van der Waals surface area contributed by atoms with Crippen LogP contribution in [0.1, 0.15) is 17.9 Å². The molecule has 2 rings (SSSR count). The molecule has 0 bridgehead atoms. The van der Waals surface area contributed by atoms with Gasteiger partial charge in [-0.05, 0) is 43.0 Å². The fourth-order valence-electron chi connectivity index (χ4n) is 1.82. The first kappa shape index (κ1) is 13.1. The molecule has 0 aliphatic carbocycles. The molecule has 1 aromatic rings. The summed E-state index contributed by atoms with van der Waals surface area (Å²) in [6.07, 6.45) is 15.6. The van der Waals surface area contributed by atoms with Crippen molar-refractivity contribution in [2.24, 2.45) is 0 Å². The van der Waals surface area contributed by atoms with E-state index < -0.39 is 0 Å². The van der Waals surface area contributed by atoms with Gasteiger partial charge in [-0.2, -0.15) is 12.4 Å². The molecule has 1 aromatic heterocycles. The second-order valence-corrected chi connectivity index (χ2v) is 5.41. The van der Waals surface area contributed by atoms with E-state index in [0.717, 1.165) is 19.9 Å². The van der Waals surface area contributed by atoms with Gasteiger partial charge in [0.1, 0.15) is 0 Å². The highest BCUT2D eigenvalue weighted by Gasteiger charge is 2.08. The maximum atomic E-state index is 5.09. The minimum Gasteiger partial charge on any atom is -0.670 e. The summed E-state index contributed by atoms with van der Waals surface area (Å²) in [4.78, 5) is 4.06. The van der Waals surface area contributed by atoms with Crippen molar-refractivity contribution in [1.29, 1.82) is 0 Å². The predicted molar refractivity (Wildman–Crippen MR) is 80.5 cm³/mol. The van der Waals surface area contributed by atoms with E-state index in [0.29, 0.717) is 5.92 Å². The largest absolute Gasteiger partial charge is 0.670 e. The molecule has 0 spiro atoms. The van der Waals surface area contributed by atoms with E-state index in [1.807, 2.05) is 36.9 Å². The van der Waals surface area contributed by atoms with Crippen molar-refractivity contribution in [3.8, 4) is 0 Å². The van der Waals surface area contributed by atoms with Gasteiger partial charge >= 0.3 is 0 Å². The van der Waals surface area contributed by atoms with Gasteiger partial charge in [0, 0.05) is 18.6 Å². The van der Waals surface area contributed by atoms with Gasteiger partial charge in [0.2, 0.25) is 0 Å². The lowest BCUT2D eigenvalue weighted by molar-refractivity contribution is 0.788. The number of nitrogens with zero attached hydrogens (tertiary/aromatic N) is 2. The average Bonchev–Trinajstić information content (AvgIpc) is 2.45. The summed E-state index contributed by atoms with van der Waals surface area (Å²) in [7, 11) is 1.02. The minimum absolute atomic E-state index is 0.473. The Morgan fingerprint density at radius 3 is 2.67 bits per heavy atom. The number of hydrogen-bond donors (Lipinski definition) is 0. The maximum absolute atomic E-state index is 5.09. The maximum Gasteiger partial charge on any atom is 0.0270 e. The molecule has 0 saturated carbocycles. The lowest BCUT2D eigenvalue weighted by Crippen LogP contribution is -1.99. The van der Waals surface area contributed by atoms with E-state index in [1.54, 1.807) is 0 Å². The first-order valence-electron chi connectivity index (χ1n) is 5.82. The number of pyridine rings is 1. The fourth-order valence-corrected chi connectivity index (χ4v) is 2.90. The minimum atomic E-state index is 0.473. The first-order chi connectivity index (χ1) is 8.90. The van der Waals surface area contributed by atoms with Crippen LogP contribution in [0.5, 0.6) is 0 Å². The van der Waals surface area contributed by atoms with Crippen molar-refractivity contribution < 1.29 is 0 Å². The third kappa shape index (κ3) is 3.86. The zero-order valence-electron chi connectivity index (χ0n) is 9.94. The van der Waals surface area contributed by atoms with Crippen molar-refractivity contribution >= 4 is 19.2 Å². The average molecular weight is 273 g/mol. The molecule has 2 heterocycles. The van der Waals surface area contributed by atoms with Crippen LogP contribution in [0.4, 0.5) is 0 Å². The third-order valence-corrected chi connectivity index (χ3v) is 3.85. The smallest absolute Gasteiger partial charge is 0.0270 e. The number of hydrogen-bond acceptors (Lipinski definition) is 2. The second kappa shape index (κ2) is 7.20. The van der Waals surface area contributed by atoms with Crippen molar-refractivity contribution in [2.45, 2.75) is 12.3 Å². The van der Waals surface area contributed by atoms with Gasteiger partial charge in [-0.3, -0.25) is 4.98 Å². The summed E-state index contributed by atoms with van der Waals surface area (Å²) in [5.74, 6) is 0.473. The Labute approximate surface area is 114 Å². The number of rotatable bonds is 5. The Kier molecular flexibility index (Phi) is 5.25. The molecule has 0 radical (unpaired) electrons. The summed E-state index contributed by atoms with van der Waals surface area (Å²) in [6.45, 7) is 0. The van der Waals surface area contributed by atoms with E-state index in [4.69, 9.17) is 11.8 Å². The second-order valence-electron chi connectivity index (χ2n) is 4.01. The molecular weight excluding hydrogens is 259 g/mol. The van der Waals surface area contributed by atoms with Gasteiger partial charge < -0.3 is 5.32 Å². The van der Waals surface area contributed by atoms with Crippen LogP contribution in [-0.4, -0.2) is 11.1 Å². The molecule has 92 valence electrons. The lowest BCUT2D eigenvalue weighted by atomic mass is 9.97. The summed E-state index contributed by atoms with van der Waals surface area (Å²) < 4.78 is 0. The van der Waals surface area contributed by atoms with E-state index >= 15 is 0 Å². The van der Waals surface area contributed by atoms with Crippen LogP contribution in [0.2, 0.25) is 0 Å². The highest BCUT2D eigenvalue weighted by atomic mass is 32.4. The van der Waals surface area contributed by atoms with Crippen LogP contribution in [0.3, 0.4) is 0 Å². The van der Waals surface area contributed by atoms with E-state index in [-0.39, 0.29) is 0 Å². The molecule has 1 aliphatic rings. The highest BCUT2D eigenvalue weighted by molar-refractivity contribution is 7.96. The Morgan fingerprint density at radius 2 is 2.00 bits per heavy atom. The quantitative estimate of drug-likeness (QED) is 0.748. The summed E-state index contributed by atoms with van der Waals surface area (Å²) >= 11 is 5.09. The van der Waals surface area contributed by atoms with Crippen molar-refractivity contribution in [3.63, 3.8) is 0 Å². The molecular formula is C14H14N2PS-. The SMILES string of the molecule is S=PCC(CC=C1C=C[N-]C=C1)c1ccncc1. The molecule has 4 heteroatoms. The van der Waals surface area contributed by atoms with Gasteiger partial charge in [-0.25, -0.2) is 0 Å². The van der Waals surface area contributed by atoms with Crippen molar-refractivity contribution in [2.75, 3.05) is 6.16 Å². The van der Waals surface area contributed by atoms with Crippen LogP contribution in [0, 0.1) is 0 Å². The molecule has 0 saturated heterocycles. The van der Waals surface area contributed by atoms with Gasteiger partial charge in [-0.15, -0.1) is 0 Å². The lowest BCUT2D eigenvalue weighted by Gasteiger charge is -2.15. The van der Waals surface area contributed by atoms with Crippen molar-refractivity contribution in [3.05, 3.63) is 71.6 Å². The van der Waals surface area contributed by atoms with Crippen LogP contribution in [0.25, 0.3) is 5.32 Å². The molecule has 0 fully saturated rings. The molecule has 1 unspecified atom stereocenters. The molecule has 2 nitrogen and oxygen atoms in total. The third-order valence-electron chi connectivity index (χ3n) is 2.82. The Hall–Kier alpha value is -1.31. The topological polar surface area (TPSA) is 27.0 Å². The Balaban J connectivity index is 2.07. The van der Waals surface area contributed by atoms with Gasteiger partial charge in [0.05, 0.1) is 0 Å². The predicted octanol–water partition coefficient (Wildman–Crippen LogP) is 4.30. The van der Waals surface area contributed by atoms with Gasteiger partial charge in [-0.1, -0.05) is 30.0 Å². The Bertz CT molecular complexity index is 466. The Morgan fingerprint density at radius 1 is 1.28 bits per heavy atom. The molecule has 0 aromatic carbocycles. The summed E-state index contributed by atoms with van der Waals surface area (Å²) in [5, 5.41) is 4.02. The van der Waals surface area contributed by atoms with Gasteiger partial charge in [0.15, 0.2) is 0 Å². The van der Waals surface area contributed by atoms with E-state index in [2.05, 4.69) is 28.5 Å². The molecule has 0 amide bonds. The van der Waals surface area contributed by atoms with Gasteiger partial charge in [0.25, 0.3) is 0 Å². The number of aromatic nitrogens is 1.